The molecule has 0 unspecified atom stereocenters. The summed E-state index contributed by atoms with van der Waals surface area (Å²) in [5.74, 6) is 2.21. The third-order valence-corrected chi connectivity index (χ3v) is 2.10. The van der Waals surface area contributed by atoms with Crippen LogP contribution >= 0.6 is 12.6 Å². The first-order chi connectivity index (χ1) is 6.25. The molecule has 1 aliphatic rings. The number of thiol groups is 1. The van der Waals surface area contributed by atoms with Crippen molar-refractivity contribution in [2.75, 3.05) is 6.61 Å². The van der Waals surface area contributed by atoms with Crippen molar-refractivity contribution < 1.29 is 9.47 Å². The Morgan fingerprint density at radius 1 is 1.31 bits per heavy atom. The van der Waals surface area contributed by atoms with Crippen LogP contribution in [0.15, 0.2) is 35.4 Å². The van der Waals surface area contributed by atoms with Crippen molar-refractivity contribution in [3.8, 4) is 11.5 Å². The summed E-state index contributed by atoms with van der Waals surface area (Å²) in [4.78, 5) is 0.870. The van der Waals surface area contributed by atoms with Gasteiger partial charge in [0.25, 0.3) is 0 Å². The molecule has 0 fully saturated rings. The summed E-state index contributed by atoms with van der Waals surface area (Å²) < 4.78 is 10.9. The molecule has 1 aliphatic heterocycles. The van der Waals surface area contributed by atoms with Gasteiger partial charge in [0.15, 0.2) is 11.5 Å². The number of fused-ring (bicyclic) bond motifs is 1. The molecule has 68 valence electrons. The fraction of sp³-hybridized carbons (Fsp3) is 0.200. The fourth-order valence-electron chi connectivity index (χ4n) is 1.18. The Bertz CT molecular complexity index is 347. The lowest BCUT2D eigenvalue weighted by Gasteiger charge is -2.06. The monoisotopic (exact) mass is 194 g/mol. The fourth-order valence-corrected chi connectivity index (χ4v) is 1.37. The van der Waals surface area contributed by atoms with Gasteiger partial charge >= 0.3 is 0 Å². The highest BCUT2D eigenvalue weighted by Crippen LogP contribution is 2.33. The van der Waals surface area contributed by atoms with Gasteiger partial charge in [0.2, 0.25) is 0 Å². The molecule has 1 aromatic rings. The van der Waals surface area contributed by atoms with Crippen molar-refractivity contribution in [3.05, 3.63) is 30.5 Å². The molecule has 0 saturated carbocycles. The molecular formula is C10H10O2S. The van der Waals surface area contributed by atoms with Gasteiger partial charge in [-0.1, -0.05) is 6.58 Å². The van der Waals surface area contributed by atoms with Crippen LogP contribution in [0.5, 0.6) is 11.5 Å². The Labute approximate surface area is 82.6 Å². The first kappa shape index (κ1) is 8.51. The molecule has 2 nitrogen and oxygen atoms in total. The van der Waals surface area contributed by atoms with Crippen LogP contribution in [0, 0.1) is 0 Å². The molecule has 0 radical (unpaired) electrons. The third-order valence-electron chi connectivity index (χ3n) is 1.82. The highest BCUT2D eigenvalue weighted by atomic mass is 32.1. The smallest absolute Gasteiger partial charge is 0.168 e. The van der Waals surface area contributed by atoms with Crippen molar-refractivity contribution >= 4 is 12.6 Å². The molecule has 0 spiro atoms. The maximum absolute atomic E-state index is 5.46. The molecule has 0 saturated heterocycles. The zero-order valence-electron chi connectivity index (χ0n) is 7.12. The average Bonchev–Trinajstić information content (AvgIpc) is 2.25. The molecule has 0 aromatic heterocycles. The van der Waals surface area contributed by atoms with Gasteiger partial charge in [0.1, 0.15) is 5.76 Å². The topological polar surface area (TPSA) is 18.5 Å². The van der Waals surface area contributed by atoms with E-state index in [1.54, 1.807) is 0 Å². The SMILES string of the molecule is C=C1CCOc2cc(S)ccc2O1. The molecule has 3 heteroatoms. The molecule has 2 rings (SSSR count). The number of benzene rings is 1. The summed E-state index contributed by atoms with van der Waals surface area (Å²) in [6.45, 7) is 4.39. The molecule has 1 heterocycles. The summed E-state index contributed by atoms with van der Waals surface area (Å²) >= 11 is 4.22. The maximum atomic E-state index is 5.46. The Morgan fingerprint density at radius 3 is 3.00 bits per heavy atom. The van der Waals surface area contributed by atoms with Crippen molar-refractivity contribution in [2.24, 2.45) is 0 Å². The molecule has 0 amide bonds. The second-order valence-electron chi connectivity index (χ2n) is 2.87. The highest BCUT2D eigenvalue weighted by Gasteiger charge is 2.11. The van der Waals surface area contributed by atoms with Crippen LogP contribution in [-0.4, -0.2) is 6.61 Å². The van der Waals surface area contributed by atoms with Crippen LogP contribution in [0.2, 0.25) is 0 Å². The van der Waals surface area contributed by atoms with E-state index < -0.39 is 0 Å². The van der Waals surface area contributed by atoms with E-state index in [0.717, 1.165) is 28.6 Å². The van der Waals surface area contributed by atoms with Crippen LogP contribution < -0.4 is 9.47 Å². The zero-order valence-corrected chi connectivity index (χ0v) is 8.01. The van der Waals surface area contributed by atoms with E-state index in [1.165, 1.54) is 0 Å². The minimum atomic E-state index is 0.614. The van der Waals surface area contributed by atoms with Crippen LogP contribution in [0.3, 0.4) is 0 Å². The van der Waals surface area contributed by atoms with Gasteiger partial charge < -0.3 is 9.47 Å². The molecule has 0 N–H and O–H groups in total. The van der Waals surface area contributed by atoms with Crippen molar-refractivity contribution in [3.63, 3.8) is 0 Å². The Balaban J connectivity index is 2.40. The summed E-state index contributed by atoms with van der Waals surface area (Å²) in [5.41, 5.74) is 0. The normalized spacial score (nSPS) is 15.3. The number of hydrogen-bond donors (Lipinski definition) is 1. The number of hydrogen-bond acceptors (Lipinski definition) is 3. The molecular weight excluding hydrogens is 184 g/mol. The molecule has 13 heavy (non-hydrogen) atoms. The quantitative estimate of drug-likeness (QED) is 0.640. The predicted octanol–water partition coefficient (Wildman–Crippen LogP) is 2.65. The van der Waals surface area contributed by atoms with Crippen molar-refractivity contribution in [1.82, 2.24) is 0 Å². The second-order valence-corrected chi connectivity index (χ2v) is 3.39. The summed E-state index contributed by atoms with van der Waals surface area (Å²) in [7, 11) is 0. The Morgan fingerprint density at radius 2 is 2.15 bits per heavy atom. The van der Waals surface area contributed by atoms with Gasteiger partial charge in [-0.05, 0) is 18.2 Å². The number of rotatable bonds is 0. The summed E-state index contributed by atoms with van der Waals surface area (Å²) in [6, 6.07) is 5.55. The Hall–Kier alpha value is -1.09. The van der Waals surface area contributed by atoms with Crippen LogP contribution in [-0.2, 0) is 0 Å². The van der Waals surface area contributed by atoms with Gasteiger partial charge in [0.05, 0.1) is 6.61 Å². The van der Waals surface area contributed by atoms with E-state index in [4.69, 9.17) is 9.47 Å². The standard InChI is InChI=1S/C10H10O2S/c1-7-4-5-11-10-6-8(13)2-3-9(10)12-7/h2-3,6,13H,1,4-5H2. The van der Waals surface area contributed by atoms with Gasteiger partial charge in [-0.15, -0.1) is 12.6 Å². The van der Waals surface area contributed by atoms with Crippen molar-refractivity contribution in [1.29, 1.82) is 0 Å². The number of ether oxygens (including phenoxy) is 2. The zero-order chi connectivity index (χ0) is 9.26. The summed E-state index contributed by atoms with van der Waals surface area (Å²) in [6.07, 6.45) is 0.733. The van der Waals surface area contributed by atoms with Gasteiger partial charge in [0, 0.05) is 11.3 Å². The van der Waals surface area contributed by atoms with E-state index in [0.29, 0.717) is 6.61 Å². The minimum absolute atomic E-state index is 0.614. The summed E-state index contributed by atoms with van der Waals surface area (Å²) in [5, 5.41) is 0. The van der Waals surface area contributed by atoms with E-state index in [1.807, 2.05) is 18.2 Å². The molecule has 0 atom stereocenters. The van der Waals surface area contributed by atoms with Gasteiger partial charge in [-0.2, -0.15) is 0 Å². The molecule has 1 aromatic carbocycles. The lowest BCUT2D eigenvalue weighted by atomic mass is 10.3. The first-order valence-electron chi connectivity index (χ1n) is 4.07. The van der Waals surface area contributed by atoms with E-state index in [9.17, 15) is 0 Å². The average molecular weight is 194 g/mol. The van der Waals surface area contributed by atoms with E-state index in [2.05, 4.69) is 19.2 Å². The molecule has 0 aliphatic carbocycles. The van der Waals surface area contributed by atoms with E-state index in [-0.39, 0.29) is 0 Å². The van der Waals surface area contributed by atoms with Crippen molar-refractivity contribution in [2.45, 2.75) is 11.3 Å². The highest BCUT2D eigenvalue weighted by molar-refractivity contribution is 7.80. The molecule has 0 bridgehead atoms. The second kappa shape index (κ2) is 3.34. The largest absolute Gasteiger partial charge is 0.489 e. The van der Waals surface area contributed by atoms with Crippen LogP contribution in [0.4, 0.5) is 0 Å². The Kier molecular flexibility index (Phi) is 2.19. The third kappa shape index (κ3) is 1.80. The first-order valence-corrected chi connectivity index (χ1v) is 4.52. The van der Waals surface area contributed by atoms with Crippen LogP contribution in [0.25, 0.3) is 0 Å². The van der Waals surface area contributed by atoms with Gasteiger partial charge in [-0.25, -0.2) is 0 Å². The lowest BCUT2D eigenvalue weighted by Crippen LogP contribution is -1.95. The lowest BCUT2D eigenvalue weighted by molar-refractivity contribution is 0.326. The van der Waals surface area contributed by atoms with Gasteiger partial charge in [-0.3, -0.25) is 0 Å². The maximum Gasteiger partial charge on any atom is 0.168 e. The van der Waals surface area contributed by atoms with E-state index >= 15 is 0 Å². The van der Waals surface area contributed by atoms with Crippen LogP contribution in [0.1, 0.15) is 6.42 Å². The minimum Gasteiger partial charge on any atom is -0.489 e. The predicted molar refractivity (Wildman–Crippen MR) is 53.6 cm³/mol.